The quantitative estimate of drug-likeness (QED) is 0.769. The van der Waals surface area contributed by atoms with E-state index in [1.807, 2.05) is 6.07 Å². The molecule has 26 heavy (non-hydrogen) atoms. The molecule has 0 N–H and O–H groups in total. The third kappa shape index (κ3) is 3.95. The second kappa shape index (κ2) is 6.85. The van der Waals surface area contributed by atoms with Crippen molar-refractivity contribution in [3.63, 3.8) is 0 Å². The van der Waals surface area contributed by atoms with Gasteiger partial charge in [-0.2, -0.15) is 0 Å². The largest absolute Gasteiger partial charge is 0.497 e. The molecule has 1 aromatic rings. The number of benzene rings is 1. The molecule has 0 radical (unpaired) electrons. The number of rotatable bonds is 4. The van der Waals surface area contributed by atoms with Gasteiger partial charge in [0, 0.05) is 13.1 Å². The van der Waals surface area contributed by atoms with Crippen LogP contribution in [0.1, 0.15) is 59.9 Å². The highest BCUT2D eigenvalue weighted by molar-refractivity contribution is 6.62. The lowest BCUT2D eigenvalue weighted by atomic mass is 9.75. The topological polar surface area (TPSA) is 30.9 Å². The zero-order chi connectivity index (χ0) is 19.2. The maximum atomic E-state index is 6.31. The molecule has 4 nitrogen and oxygen atoms in total. The first-order valence-corrected chi connectivity index (χ1v) is 9.78. The van der Waals surface area contributed by atoms with E-state index >= 15 is 0 Å². The average molecular weight is 359 g/mol. The van der Waals surface area contributed by atoms with E-state index in [0.29, 0.717) is 5.41 Å². The van der Waals surface area contributed by atoms with E-state index in [4.69, 9.17) is 14.0 Å². The first kappa shape index (κ1) is 19.7. The summed E-state index contributed by atoms with van der Waals surface area (Å²) in [6.07, 6.45) is 2.55. The molecule has 3 rings (SSSR count). The van der Waals surface area contributed by atoms with E-state index in [9.17, 15) is 0 Å². The Labute approximate surface area is 159 Å². The van der Waals surface area contributed by atoms with Gasteiger partial charge in [-0.25, -0.2) is 0 Å². The number of methoxy groups -OCH3 is 1. The lowest BCUT2D eigenvalue weighted by Crippen LogP contribution is -2.42. The molecule has 0 unspecified atom stereocenters. The summed E-state index contributed by atoms with van der Waals surface area (Å²) in [5.41, 5.74) is 2.07. The predicted molar refractivity (Wildman–Crippen MR) is 107 cm³/mol. The summed E-state index contributed by atoms with van der Waals surface area (Å²) in [7, 11) is 1.39. The third-order valence-electron chi connectivity index (χ3n) is 6.23. The van der Waals surface area contributed by atoms with Crippen molar-refractivity contribution in [2.45, 2.75) is 72.1 Å². The summed E-state index contributed by atoms with van der Waals surface area (Å²) in [5.74, 6) is 0.886. The fourth-order valence-electron chi connectivity index (χ4n) is 3.97. The van der Waals surface area contributed by atoms with Crippen molar-refractivity contribution in [2.75, 3.05) is 20.2 Å². The van der Waals surface area contributed by atoms with Crippen LogP contribution in [0.25, 0.3) is 0 Å². The Hall–Kier alpha value is -1.04. The summed E-state index contributed by atoms with van der Waals surface area (Å²) in [6.45, 7) is 16.3. The number of likely N-dealkylation sites (tertiary alicyclic amines) is 1. The van der Waals surface area contributed by atoms with E-state index in [0.717, 1.165) is 30.8 Å². The Bertz CT molecular complexity index is 641. The van der Waals surface area contributed by atoms with Gasteiger partial charge in [-0.3, -0.25) is 4.90 Å². The lowest BCUT2D eigenvalue weighted by Gasteiger charge is -2.38. The first-order valence-electron chi connectivity index (χ1n) is 9.78. The maximum Gasteiger partial charge on any atom is 0.495 e. The average Bonchev–Trinajstić information content (AvgIpc) is 2.74. The van der Waals surface area contributed by atoms with Crippen molar-refractivity contribution in [1.29, 1.82) is 0 Å². The van der Waals surface area contributed by atoms with Crippen LogP contribution in [-0.2, 0) is 15.9 Å². The molecule has 0 aliphatic carbocycles. The van der Waals surface area contributed by atoms with Gasteiger partial charge in [-0.15, -0.1) is 0 Å². The van der Waals surface area contributed by atoms with Crippen LogP contribution >= 0.6 is 0 Å². The van der Waals surface area contributed by atoms with Gasteiger partial charge in [0.05, 0.1) is 18.3 Å². The van der Waals surface area contributed by atoms with E-state index < -0.39 is 0 Å². The van der Waals surface area contributed by atoms with Crippen molar-refractivity contribution in [3.05, 3.63) is 23.8 Å². The number of ether oxygens (including phenoxy) is 1. The molecule has 2 aliphatic rings. The highest BCUT2D eigenvalue weighted by Gasteiger charge is 2.52. The van der Waals surface area contributed by atoms with Crippen LogP contribution in [-0.4, -0.2) is 43.4 Å². The van der Waals surface area contributed by atoms with Crippen LogP contribution in [0, 0.1) is 5.41 Å². The number of hydrogen-bond acceptors (Lipinski definition) is 4. The van der Waals surface area contributed by atoms with Gasteiger partial charge in [0.1, 0.15) is 5.75 Å². The van der Waals surface area contributed by atoms with Crippen molar-refractivity contribution >= 4 is 12.6 Å². The van der Waals surface area contributed by atoms with Gasteiger partial charge in [-0.05, 0) is 75.7 Å². The van der Waals surface area contributed by atoms with E-state index in [1.54, 1.807) is 7.11 Å². The van der Waals surface area contributed by atoms with Gasteiger partial charge >= 0.3 is 7.12 Å². The van der Waals surface area contributed by atoms with Gasteiger partial charge in [0.25, 0.3) is 0 Å². The predicted octanol–water partition coefficient (Wildman–Crippen LogP) is 3.62. The zero-order valence-electron chi connectivity index (χ0n) is 17.5. The molecule has 0 aromatic heterocycles. The highest BCUT2D eigenvalue weighted by atomic mass is 16.7. The zero-order valence-corrected chi connectivity index (χ0v) is 17.5. The fourth-order valence-corrected chi connectivity index (χ4v) is 3.97. The lowest BCUT2D eigenvalue weighted by molar-refractivity contribution is 0.00578. The Morgan fingerprint density at radius 1 is 1.08 bits per heavy atom. The summed E-state index contributed by atoms with van der Waals surface area (Å²) >= 11 is 0. The van der Waals surface area contributed by atoms with Crippen molar-refractivity contribution in [2.24, 2.45) is 5.41 Å². The minimum Gasteiger partial charge on any atom is -0.497 e. The van der Waals surface area contributed by atoms with Crippen LogP contribution in [0.2, 0.25) is 0 Å². The second-order valence-corrected chi connectivity index (χ2v) is 9.63. The van der Waals surface area contributed by atoms with Crippen LogP contribution in [0.3, 0.4) is 0 Å². The van der Waals surface area contributed by atoms with Crippen molar-refractivity contribution in [3.8, 4) is 5.75 Å². The minimum atomic E-state index is -0.335. The van der Waals surface area contributed by atoms with Gasteiger partial charge in [-0.1, -0.05) is 19.9 Å². The molecule has 2 heterocycles. The first-order chi connectivity index (χ1) is 12.0. The Kier molecular flexibility index (Phi) is 5.19. The Balaban J connectivity index is 1.87. The molecule has 1 aromatic carbocycles. The van der Waals surface area contributed by atoms with E-state index in [2.05, 4.69) is 58.6 Å². The van der Waals surface area contributed by atoms with Crippen molar-refractivity contribution in [1.82, 2.24) is 4.90 Å². The van der Waals surface area contributed by atoms with E-state index in [1.165, 1.54) is 18.4 Å². The molecular formula is C21H34BNO3. The molecule has 2 saturated heterocycles. The van der Waals surface area contributed by atoms with Crippen LogP contribution in [0.4, 0.5) is 0 Å². The van der Waals surface area contributed by atoms with Gasteiger partial charge in [0.15, 0.2) is 0 Å². The molecule has 2 fully saturated rings. The number of piperidine rings is 1. The molecule has 5 heteroatoms. The minimum absolute atomic E-state index is 0.331. The standard InChI is InChI=1S/C21H34BNO3/c1-19(2)11-8-12-23(15-19)14-16-13-17(24-7)9-10-18(16)22-25-20(3,4)21(5,6)26-22/h9-10,13H,8,11-12,14-15H2,1-7H3. The van der Waals surface area contributed by atoms with Gasteiger partial charge < -0.3 is 14.0 Å². The van der Waals surface area contributed by atoms with Gasteiger partial charge in [0.2, 0.25) is 0 Å². The molecule has 0 atom stereocenters. The van der Waals surface area contributed by atoms with Crippen LogP contribution < -0.4 is 10.2 Å². The second-order valence-electron chi connectivity index (χ2n) is 9.63. The summed E-state index contributed by atoms with van der Waals surface area (Å²) < 4.78 is 18.1. The normalized spacial score (nSPS) is 24.7. The number of hydrogen-bond donors (Lipinski definition) is 0. The van der Waals surface area contributed by atoms with E-state index in [-0.39, 0.29) is 18.3 Å². The highest BCUT2D eigenvalue weighted by Crippen LogP contribution is 2.37. The molecular weight excluding hydrogens is 325 g/mol. The third-order valence-corrected chi connectivity index (χ3v) is 6.23. The summed E-state index contributed by atoms with van der Waals surface area (Å²) in [5, 5.41) is 0. The van der Waals surface area contributed by atoms with Crippen molar-refractivity contribution < 1.29 is 14.0 Å². The fraction of sp³-hybridized carbons (Fsp3) is 0.714. The molecule has 0 spiro atoms. The summed E-state index contributed by atoms with van der Waals surface area (Å²) in [6, 6.07) is 6.25. The monoisotopic (exact) mass is 359 g/mol. The Morgan fingerprint density at radius 2 is 1.73 bits per heavy atom. The smallest absolute Gasteiger partial charge is 0.495 e. The molecule has 0 saturated carbocycles. The molecule has 0 amide bonds. The molecule has 144 valence electrons. The summed E-state index contributed by atoms with van der Waals surface area (Å²) in [4.78, 5) is 2.55. The molecule has 0 bridgehead atoms. The van der Waals surface area contributed by atoms with Crippen LogP contribution in [0.5, 0.6) is 5.75 Å². The maximum absolute atomic E-state index is 6.31. The Morgan fingerprint density at radius 3 is 2.31 bits per heavy atom. The SMILES string of the molecule is COc1ccc(B2OC(C)(C)C(C)(C)O2)c(CN2CCCC(C)(C)C2)c1. The van der Waals surface area contributed by atoms with Crippen LogP contribution in [0.15, 0.2) is 18.2 Å². The number of nitrogens with zero attached hydrogens (tertiary/aromatic N) is 1. The molecule has 2 aliphatic heterocycles.